The molecule has 0 saturated carbocycles. The molecule has 10 nitrogen and oxygen atoms in total. The number of carboxylic acid groups (broad SMARTS) is 1. The highest BCUT2D eigenvalue weighted by Gasteiger charge is 2.46. The molecule has 0 unspecified atom stereocenters. The molecule has 39 heavy (non-hydrogen) atoms. The van der Waals surface area contributed by atoms with Gasteiger partial charge in [0, 0.05) is 30.5 Å². The van der Waals surface area contributed by atoms with E-state index >= 15 is 0 Å². The van der Waals surface area contributed by atoms with E-state index in [9.17, 15) is 20.9 Å². The maximum Gasteiger partial charge on any atom is 0.337 e. The van der Waals surface area contributed by atoms with Gasteiger partial charge in [-0.2, -0.15) is 0 Å². The molecule has 0 bridgehead atoms. The molecule has 1 amide bonds. The maximum absolute atomic E-state index is 14.1. The van der Waals surface area contributed by atoms with Crippen LogP contribution in [0.25, 0.3) is 11.4 Å². The van der Waals surface area contributed by atoms with Crippen LogP contribution in [-0.4, -0.2) is 43.2 Å². The molecule has 0 spiro atoms. The van der Waals surface area contributed by atoms with Gasteiger partial charge in [0.2, 0.25) is 5.88 Å². The number of anilines is 1. The van der Waals surface area contributed by atoms with E-state index in [-0.39, 0.29) is 51.0 Å². The molecule has 1 N–H and O–H groups in total. The molecule has 200 valence electrons. The Morgan fingerprint density at radius 1 is 1.15 bits per heavy atom. The van der Waals surface area contributed by atoms with Crippen molar-refractivity contribution in [1.29, 1.82) is 0 Å². The highest BCUT2D eigenvalue weighted by molar-refractivity contribution is 6.31. The lowest BCUT2D eigenvalue weighted by molar-refractivity contribution is 0.0696. The maximum atomic E-state index is 14.1. The molecule has 1 aliphatic rings. The fourth-order valence-electron chi connectivity index (χ4n) is 4.62. The summed E-state index contributed by atoms with van der Waals surface area (Å²) < 4.78 is 18.2. The minimum absolute atomic E-state index is 0.0848. The Bertz CT molecular complexity index is 1750. The molecular weight excluding hydrogens is 545 g/mol. The summed E-state index contributed by atoms with van der Waals surface area (Å²) in [4.78, 5) is 49.0. The van der Waals surface area contributed by atoms with Crippen molar-refractivity contribution in [3.05, 3.63) is 91.7 Å². The number of ether oxygens (including phenoxy) is 1. The number of carboxylic acids is 1. The van der Waals surface area contributed by atoms with Crippen LogP contribution in [0.4, 0.5) is 5.69 Å². The van der Waals surface area contributed by atoms with Crippen molar-refractivity contribution in [2.75, 3.05) is 12.0 Å². The number of imidazole rings is 1. The van der Waals surface area contributed by atoms with Gasteiger partial charge < -0.3 is 19.0 Å². The first-order valence-corrected chi connectivity index (χ1v) is 12.5. The van der Waals surface area contributed by atoms with Crippen molar-refractivity contribution < 1.29 is 20.8 Å². The molecule has 1 atom stereocenters. The summed E-state index contributed by atoms with van der Waals surface area (Å²) in [5.41, 5.74) is -0.102. The Labute approximate surface area is 234 Å². The van der Waals surface area contributed by atoms with Gasteiger partial charge in [-0.05, 0) is 43.7 Å². The largest absolute Gasteiger partial charge is 0.480 e. The third-order valence-corrected chi connectivity index (χ3v) is 6.76. The summed E-state index contributed by atoms with van der Waals surface area (Å²) in [6, 6.07) is 6.71. The number of hydrogen-bond donors (Lipinski definition) is 1. The van der Waals surface area contributed by atoms with Crippen molar-refractivity contribution in [3.63, 3.8) is 0 Å². The Hall–Kier alpha value is -4.15. The number of aromatic carboxylic acids is 1. The molecular formula is C27H23Cl2N5O5. The highest BCUT2D eigenvalue weighted by Crippen LogP contribution is 2.45. The second-order valence-electron chi connectivity index (χ2n) is 9.14. The van der Waals surface area contributed by atoms with Crippen LogP contribution in [0.1, 0.15) is 59.4 Å². The van der Waals surface area contributed by atoms with Gasteiger partial charge in [0.05, 0.1) is 30.3 Å². The smallest absolute Gasteiger partial charge is 0.337 e. The molecule has 1 aromatic carbocycles. The first kappa shape index (κ1) is 25.1. The number of carbonyl (C=O) groups is 2. The van der Waals surface area contributed by atoms with E-state index in [1.807, 2.05) is 13.8 Å². The van der Waals surface area contributed by atoms with Crippen molar-refractivity contribution >= 4 is 40.8 Å². The molecule has 0 saturated heterocycles. The van der Waals surface area contributed by atoms with Crippen LogP contribution in [0.5, 0.6) is 5.88 Å². The number of fused-ring (bicyclic) bond motifs is 1. The predicted molar refractivity (Wildman–Crippen MR) is 146 cm³/mol. The third-order valence-electron chi connectivity index (χ3n) is 6.30. The van der Waals surface area contributed by atoms with Gasteiger partial charge in [-0.3, -0.25) is 14.5 Å². The number of methoxy groups -OCH3 is 1. The molecule has 0 fully saturated rings. The first-order chi connectivity index (χ1) is 18.9. The molecule has 3 aromatic heterocycles. The molecule has 4 aromatic rings. The number of aryl methyl sites for hydroxylation is 1. The van der Waals surface area contributed by atoms with Crippen LogP contribution >= 0.6 is 23.2 Å². The van der Waals surface area contributed by atoms with Gasteiger partial charge in [-0.25, -0.2) is 14.8 Å². The van der Waals surface area contributed by atoms with Crippen molar-refractivity contribution in [3.8, 4) is 17.3 Å². The Morgan fingerprint density at radius 3 is 2.46 bits per heavy atom. The number of nitrogens with zero attached hydrogens (tertiary/aromatic N) is 5. The second kappa shape index (κ2) is 9.87. The second-order valence-corrected chi connectivity index (χ2v) is 10.0. The average Bonchev–Trinajstić information content (AvgIpc) is 3.41. The van der Waals surface area contributed by atoms with Crippen LogP contribution in [0.3, 0.4) is 0 Å². The minimum Gasteiger partial charge on any atom is -0.480 e. The quantitative estimate of drug-likeness (QED) is 0.348. The van der Waals surface area contributed by atoms with Crippen LogP contribution in [0.2, 0.25) is 10.0 Å². The molecule has 4 heterocycles. The lowest BCUT2D eigenvalue weighted by Gasteiger charge is -2.28. The van der Waals surface area contributed by atoms with Gasteiger partial charge in [0.15, 0.2) is 5.69 Å². The van der Waals surface area contributed by atoms with E-state index in [4.69, 9.17) is 27.9 Å². The monoisotopic (exact) mass is 568 g/mol. The van der Waals surface area contributed by atoms with Gasteiger partial charge in [0.1, 0.15) is 17.5 Å². The van der Waals surface area contributed by atoms with Crippen LogP contribution in [0.15, 0.2) is 53.6 Å². The van der Waals surface area contributed by atoms with Gasteiger partial charge in [-0.1, -0.05) is 35.3 Å². The number of benzene rings is 1. The van der Waals surface area contributed by atoms with Crippen molar-refractivity contribution in [2.45, 2.75) is 25.9 Å². The lowest BCUT2D eigenvalue weighted by atomic mass is 10.0. The summed E-state index contributed by atoms with van der Waals surface area (Å²) in [6.07, 6.45) is 2.57. The summed E-state index contributed by atoms with van der Waals surface area (Å²) in [5, 5.41) is 10.2. The van der Waals surface area contributed by atoms with E-state index in [0.29, 0.717) is 10.6 Å². The normalized spacial score (nSPS) is 16.9. The zero-order chi connectivity index (χ0) is 29.1. The average molecular weight is 569 g/mol. The van der Waals surface area contributed by atoms with Crippen molar-refractivity contribution in [1.82, 2.24) is 19.1 Å². The summed E-state index contributed by atoms with van der Waals surface area (Å²) in [5.74, 6) is -1.64. The molecule has 12 heteroatoms. The predicted octanol–water partition coefficient (Wildman–Crippen LogP) is 4.99. The number of hydrogen-bond acceptors (Lipinski definition) is 6. The highest BCUT2D eigenvalue weighted by atomic mass is 35.5. The van der Waals surface area contributed by atoms with Crippen LogP contribution in [0, 0.1) is 0 Å². The van der Waals surface area contributed by atoms with E-state index in [2.05, 4.69) is 9.97 Å². The van der Waals surface area contributed by atoms with Crippen LogP contribution in [-0.2, 0) is 7.05 Å². The summed E-state index contributed by atoms with van der Waals surface area (Å²) in [7, 11) is 2.88. The van der Waals surface area contributed by atoms with Crippen molar-refractivity contribution in [2.24, 2.45) is 7.05 Å². The molecule has 5 rings (SSSR count). The first-order valence-electron chi connectivity index (χ1n) is 12.3. The van der Waals surface area contributed by atoms with Gasteiger partial charge in [0.25, 0.3) is 11.5 Å². The lowest BCUT2D eigenvalue weighted by Crippen LogP contribution is -2.36. The summed E-state index contributed by atoms with van der Waals surface area (Å²) >= 11 is 12.4. The third kappa shape index (κ3) is 4.35. The molecule has 1 aliphatic heterocycles. The van der Waals surface area contributed by atoms with Crippen LogP contribution < -0.4 is 15.2 Å². The SMILES string of the molecule is [2H][C@@]1(c2ccc(Cl)cc2)c2c(nc(-c3cc(C(=O)O)cnc3OC)n2C(C)C)C(=O)N1c1cc(Cl)cn(C)c1=O. The standard InChI is InChI=1S/C27H23Cl2N5O5/c1-13(2)33-22-20(31-23(33)18-9-15(27(37)38)11-30-24(18)39-4)26(36)34(19-10-17(29)12-32(3)25(19)35)21(22)14-5-7-16(28)8-6-14/h5-13,21H,1-4H3,(H,37,38)/t21-/m1/s1/i21D. The Kier molecular flexibility index (Phi) is 6.36. The van der Waals surface area contributed by atoms with E-state index in [1.54, 1.807) is 28.8 Å². The Balaban J connectivity index is 1.88. The number of carbonyl (C=O) groups excluding carboxylic acids is 1. The van der Waals surface area contributed by atoms with Gasteiger partial charge >= 0.3 is 5.97 Å². The number of rotatable bonds is 6. The zero-order valence-corrected chi connectivity index (χ0v) is 22.8. The fraction of sp³-hybridized carbons (Fsp3) is 0.222. The Morgan fingerprint density at radius 2 is 1.85 bits per heavy atom. The van der Waals surface area contributed by atoms with E-state index < -0.39 is 23.5 Å². The number of aromatic nitrogens is 4. The van der Waals surface area contributed by atoms with E-state index in [1.165, 1.54) is 37.1 Å². The fourth-order valence-corrected chi connectivity index (χ4v) is 5.00. The minimum atomic E-state index is -1.99. The molecule has 0 aliphatic carbocycles. The van der Waals surface area contributed by atoms with Gasteiger partial charge in [-0.15, -0.1) is 0 Å². The van der Waals surface area contributed by atoms with E-state index in [0.717, 1.165) is 11.1 Å². The number of pyridine rings is 2. The summed E-state index contributed by atoms with van der Waals surface area (Å²) in [6.45, 7) is 3.67. The topological polar surface area (TPSA) is 120 Å². The molecule has 0 radical (unpaired) electrons. The zero-order valence-electron chi connectivity index (χ0n) is 22.3. The number of amides is 1. The number of halogens is 2.